The van der Waals surface area contributed by atoms with Crippen LogP contribution in [0.1, 0.15) is 6.42 Å². The van der Waals surface area contributed by atoms with Gasteiger partial charge in [0.15, 0.2) is 0 Å². The van der Waals surface area contributed by atoms with E-state index in [4.69, 9.17) is 14.6 Å². The monoisotopic (exact) mass is 356 g/mol. The summed E-state index contributed by atoms with van der Waals surface area (Å²) in [5.74, 6) is 0.636. The number of methoxy groups -OCH3 is 1. The Morgan fingerprint density at radius 1 is 1.12 bits per heavy atom. The van der Waals surface area contributed by atoms with Gasteiger partial charge in [-0.15, -0.1) is 0 Å². The van der Waals surface area contributed by atoms with Crippen LogP contribution >= 0.6 is 0 Å². The number of urea groups is 1. The number of carbonyl (C=O) groups excluding carboxylic acids is 1. The van der Waals surface area contributed by atoms with Crippen LogP contribution in [0.3, 0.4) is 0 Å². The summed E-state index contributed by atoms with van der Waals surface area (Å²) in [6, 6.07) is 13.9. The molecule has 2 aromatic rings. The maximum Gasteiger partial charge on any atom is 0.321 e. The zero-order valence-corrected chi connectivity index (χ0v) is 14.3. The van der Waals surface area contributed by atoms with Crippen molar-refractivity contribution in [3.05, 3.63) is 48.5 Å². The minimum atomic E-state index is -0.862. The predicted molar refractivity (Wildman–Crippen MR) is 95.8 cm³/mol. The predicted octanol–water partition coefficient (Wildman–Crippen LogP) is 3.43. The van der Waals surface area contributed by atoms with Crippen LogP contribution in [0.25, 0.3) is 0 Å². The Kier molecular flexibility index (Phi) is 5.26. The van der Waals surface area contributed by atoms with Crippen LogP contribution in [0.15, 0.2) is 48.5 Å². The lowest BCUT2D eigenvalue weighted by Gasteiger charge is -2.17. The third-order valence-electron chi connectivity index (χ3n) is 4.21. The van der Waals surface area contributed by atoms with Gasteiger partial charge in [0, 0.05) is 24.8 Å². The molecule has 1 fully saturated rings. The van der Waals surface area contributed by atoms with E-state index in [1.54, 1.807) is 37.4 Å². The van der Waals surface area contributed by atoms with Crippen molar-refractivity contribution in [2.45, 2.75) is 6.42 Å². The summed E-state index contributed by atoms with van der Waals surface area (Å²) >= 11 is 0. The van der Waals surface area contributed by atoms with Gasteiger partial charge in [0.25, 0.3) is 0 Å². The molecule has 1 atom stereocenters. The minimum Gasteiger partial charge on any atom is -0.497 e. The first-order valence-electron chi connectivity index (χ1n) is 8.26. The Bertz CT molecular complexity index is 791. The lowest BCUT2D eigenvalue weighted by Crippen LogP contribution is -2.33. The molecule has 3 rings (SSSR count). The summed E-state index contributed by atoms with van der Waals surface area (Å²) in [7, 11) is 1.59. The Hall–Kier alpha value is -3.22. The number of anilines is 1. The molecule has 7 nitrogen and oxygen atoms in total. The lowest BCUT2D eigenvalue weighted by molar-refractivity contribution is -0.141. The molecule has 2 aromatic carbocycles. The standard InChI is InChI=1S/C19H20N2O5/c1-25-16-3-2-4-17(11-16)26-15-7-5-14(6-8-15)20-19(24)21-10-9-13(12-21)18(22)23/h2-8,11,13H,9-10,12H2,1H3,(H,20,24)(H,22,23). The maximum atomic E-state index is 12.2. The maximum absolute atomic E-state index is 12.2. The number of carbonyl (C=O) groups is 2. The zero-order valence-electron chi connectivity index (χ0n) is 14.3. The van der Waals surface area contributed by atoms with Gasteiger partial charge in [-0.1, -0.05) is 6.07 Å². The van der Waals surface area contributed by atoms with Crippen LogP contribution in [0, 0.1) is 5.92 Å². The molecular weight excluding hydrogens is 336 g/mol. The van der Waals surface area contributed by atoms with Gasteiger partial charge < -0.3 is 24.8 Å². The second-order valence-electron chi connectivity index (χ2n) is 6.01. The first kappa shape index (κ1) is 17.6. The number of benzene rings is 2. The van der Waals surface area contributed by atoms with Crippen molar-refractivity contribution in [2.24, 2.45) is 5.92 Å². The Morgan fingerprint density at radius 3 is 2.50 bits per heavy atom. The second kappa shape index (κ2) is 7.77. The highest BCUT2D eigenvalue weighted by atomic mass is 16.5. The first-order chi connectivity index (χ1) is 12.5. The zero-order chi connectivity index (χ0) is 18.5. The normalized spacial score (nSPS) is 16.2. The van der Waals surface area contributed by atoms with E-state index in [0.29, 0.717) is 35.9 Å². The van der Waals surface area contributed by atoms with Crippen LogP contribution in [-0.4, -0.2) is 42.2 Å². The molecule has 26 heavy (non-hydrogen) atoms. The highest BCUT2D eigenvalue weighted by Crippen LogP contribution is 2.26. The third kappa shape index (κ3) is 4.24. The first-order valence-corrected chi connectivity index (χ1v) is 8.26. The van der Waals surface area contributed by atoms with E-state index in [1.165, 1.54) is 4.90 Å². The van der Waals surface area contributed by atoms with Gasteiger partial charge in [-0.25, -0.2) is 4.79 Å². The van der Waals surface area contributed by atoms with E-state index in [0.717, 1.165) is 0 Å². The number of nitrogens with zero attached hydrogens (tertiary/aromatic N) is 1. The highest BCUT2D eigenvalue weighted by molar-refractivity contribution is 5.90. The van der Waals surface area contributed by atoms with Gasteiger partial charge in [0.1, 0.15) is 17.2 Å². The van der Waals surface area contributed by atoms with Crippen LogP contribution in [-0.2, 0) is 4.79 Å². The number of aliphatic carboxylic acids is 1. The molecule has 7 heteroatoms. The van der Waals surface area contributed by atoms with Crippen molar-refractivity contribution in [3.8, 4) is 17.2 Å². The van der Waals surface area contributed by atoms with E-state index in [9.17, 15) is 9.59 Å². The summed E-state index contributed by atoms with van der Waals surface area (Å²) in [5, 5.41) is 11.8. The SMILES string of the molecule is COc1cccc(Oc2ccc(NC(=O)N3CCC(C(=O)O)C3)cc2)c1. The van der Waals surface area contributed by atoms with E-state index in [-0.39, 0.29) is 12.6 Å². The molecule has 0 spiro atoms. The topological polar surface area (TPSA) is 88.1 Å². The fourth-order valence-electron chi connectivity index (χ4n) is 2.76. The molecular formula is C19H20N2O5. The van der Waals surface area contributed by atoms with Crippen molar-refractivity contribution in [3.63, 3.8) is 0 Å². The molecule has 1 saturated heterocycles. The molecule has 1 aliphatic rings. The Balaban J connectivity index is 1.57. The number of hydrogen-bond acceptors (Lipinski definition) is 4. The molecule has 1 aliphatic heterocycles. The molecule has 0 bridgehead atoms. The largest absolute Gasteiger partial charge is 0.497 e. The Morgan fingerprint density at radius 2 is 1.85 bits per heavy atom. The molecule has 0 saturated carbocycles. The fraction of sp³-hybridized carbons (Fsp3) is 0.263. The Labute approximate surface area is 151 Å². The third-order valence-corrected chi connectivity index (χ3v) is 4.21. The van der Waals surface area contributed by atoms with E-state index in [2.05, 4.69) is 5.32 Å². The number of amides is 2. The van der Waals surface area contributed by atoms with Gasteiger partial charge in [-0.3, -0.25) is 4.79 Å². The van der Waals surface area contributed by atoms with E-state index >= 15 is 0 Å². The molecule has 2 N–H and O–H groups in total. The van der Waals surface area contributed by atoms with Gasteiger partial charge >= 0.3 is 12.0 Å². The number of likely N-dealkylation sites (tertiary alicyclic amines) is 1. The van der Waals surface area contributed by atoms with Gasteiger partial charge in [-0.2, -0.15) is 0 Å². The number of carboxylic acid groups (broad SMARTS) is 1. The summed E-state index contributed by atoms with van der Waals surface area (Å²) in [6.07, 6.45) is 0.482. The minimum absolute atomic E-state index is 0.234. The molecule has 2 amide bonds. The van der Waals surface area contributed by atoms with Crippen molar-refractivity contribution >= 4 is 17.7 Å². The van der Waals surface area contributed by atoms with Crippen molar-refractivity contribution in [1.82, 2.24) is 4.90 Å². The van der Waals surface area contributed by atoms with Crippen molar-refractivity contribution < 1.29 is 24.2 Å². The lowest BCUT2D eigenvalue weighted by atomic mass is 10.1. The summed E-state index contributed by atoms with van der Waals surface area (Å²) in [6.45, 7) is 0.679. The van der Waals surface area contributed by atoms with Crippen molar-refractivity contribution in [1.29, 1.82) is 0 Å². The van der Waals surface area contributed by atoms with Crippen molar-refractivity contribution in [2.75, 3.05) is 25.5 Å². The second-order valence-corrected chi connectivity index (χ2v) is 6.01. The highest BCUT2D eigenvalue weighted by Gasteiger charge is 2.30. The van der Waals surface area contributed by atoms with Gasteiger partial charge in [-0.05, 0) is 42.8 Å². The average molecular weight is 356 g/mol. The van der Waals surface area contributed by atoms with E-state index < -0.39 is 11.9 Å². The smallest absolute Gasteiger partial charge is 0.321 e. The number of carboxylic acids is 1. The fourth-order valence-corrected chi connectivity index (χ4v) is 2.76. The number of rotatable bonds is 5. The average Bonchev–Trinajstić information content (AvgIpc) is 3.14. The number of nitrogens with one attached hydrogen (secondary N) is 1. The molecule has 136 valence electrons. The van der Waals surface area contributed by atoms with Crippen LogP contribution < -0.4 is 14.8 Å². The summed E-state index contributed by atoms with van der Waals surface area (Å²) < 4.78 is 10.9. The molecule has 0 radical (unpaired) electrons. The van der Waals surface area contributed by atoms with Crippen LogP contribution in [0.4, 0.5) is 10.5 Å². The number of hydrogen-bond donors (Lipinski definition) is 2. The van der Waals surface area contributed by atoms with Crippen LogP contribution in [0.5, 0.6) is 17.2 Å². The molecule has 1 unspecified atom stereocenters. The quantitative estimate of drug-likeness (QED) is 0.857. The molecule has 1 heterocycles. The van der Waals surface area contributed by atoms with E-state index in [1.807, 2.05) is 18.2 Å². The molecule has 0 aromatic heterocycles. The van der Waals surface area contributed by atoms with Gasteiger partial charge in [0.05, 0.1) is 13.0 Å². The van der Waals surface area contributed by atoms with Gasteiger partial charge in [0.2, 0.25) is 0 Å². The number of ether oxygens (including phenoxy) is 2. The van der Waals surface area contributed by atoms with Crippen LogP contribution in [0.2, 0.25) is 0 Å². The summed E-state index contributed by atoms with van der Waals surface area (Å²) in [4.78, 5) is 24.7. The summed E-state index contributed by atoms with van der Waals surface area (Å²) in [5.41, 5.74) is 0.617. The molecule has 0 aliphatic carbocycles.